The van der Waals surface area contributed by atoms with E-state index in [0.29, 0.717) is 16.4 Å². The lowest BCUT2D eigenvalue weighted by Gasteiger charge is -2.17. The summed E-state index contributed by atoms with van der Waals surface area (Å²) in [5, 5.41) is 22.5. The summed E-state index contributed by atoms with van der Waals surface area (Å²) >= 11 is 5.82. The Labute approximate surface area is 169 Å². The molecule has 3 aromatic heterocycles. The molecule has 0 saturated heterocycles. The van der Waals surface area contributed by atoms with E-state index in [1.807, 2.05) is 6.07 Å². The molecule has 6 nitrogen and oxygen atoms in total. The number of aromatic nitrogens is 3. The van der Waals surface area contributed by atoms with Gasteiger partial charge in [-0.15, -0.1) is 0 Å². The first-order valence-electron chi connectivity index (χ1n) is 8.54. The number of hydrogen-bond acceptors (Lipinski definition) is 4. The molecule has 8 heteroatoms. The van der Waals surface area contributed by atoms with Crippen molar-refractivity contribution in [2.75, 3.05) is 0 Å². The van der Waals surface area contributed by atoms with Crippen LogP contribution in [0.25, 0.3) is 16.8 Å². The van der Waals surface area contributed by atoms with Crippen LogP contribution in [-0.2, 0) is 6.54 Å². The van der Waals surface area contributed by atoms with Crippen molar-refractivity contribution < 1.29 is 14.1 Å². The molecule has 4 aromatic rings. The Balaban J connectivity index is 2.00. The Bertz CT molecular complexity index is 1340. The van der Waals surface area contributed by atoms with Crippen LogP contribution >= 0.6 is 11.6 Å². The standard InChI is InChI=1S/C21H12ClFN4O2/c22-17-7-5-14(11-25-17)12-27-18-3-1-2-8-26(18)20(28)19(21(27)29)15-6-4-13(10-24)9-16(15)23/h1-9,11H,12H2. The lowest BCUT2D eigenvalue weighted by Crippen LogP contribution is -2.44. The monoisotopic (exact) mass is 406 g/mol. The zero-order valence-corrected chi connectivity index (χ0v) is 15.6. The highest BCUT2D eigenvalue weighted by Crippen LogP contribution is 2.25. The van der Waals surface area contributed by atoms with E-state index >= 15 is 0 Å². The Morgan fingerprint density at radius 3 is 2.76 bits per heavy atom. The van der Waals surface area contributed by atoms with Crippen LogP contribution in [0, 0.1) is 17.1 Å². The molecule has 0 aliphatic heterocycles. The molecule has 0 aliphatic rings. The molecule has 3 heterocycles. The first-order valence-corrected chi connectivity index (χ1v) is 8.92. The Morgan fingerprint density at radius 1 is 1.24 bits per heavy atom. The Hall–Kier alpha value is -3.76. The molecule has 0 saturated carbocycles. The highest BCUT2D eigenvalue weighted by atomic mass is 35.5. The van der Waals surface area contributed by atoms with E-state index in [4.69, 9.17) is 16.9 Å². The van der Waals surface area contributed by atoms with Crippen molar-refractivity contribution >= 4 is 17.2 Å². The topological polar surface area (TPSA) is 85.1 Å². The van der Waals surface area contributed by atoms with Crippen LogP contribution < -0.4 is 15.2 Å². The van der Waals surface area contributed by atoms with Crippen LogP contribution in [-0.4, -0.2) is 9.38 Å². The number of benzene rings is 1. The molecule has 0 N–H and O–H groups in total. The number of nitriles is 1. The molecule has 0 fully saturated rings. The van der Waals surface area contributed by atoms with Crippen molar-refractivity contribution in [3.05, 3.63) is 93.4 Å². The van der Waals surface area contributed by atoms with Gasteiger partial charge in [-0.25, -0.2) is 18.7 Å². The van der Waals surface area contributed by atoms with Crippen LogP contribution in [0.5, 0.6) is 5.88 Å². The van der Waals surface area contributed by atoms with Crippen molar-refractivity contribution in [3.8, 4) is 23.1 Å². The fraction of sp³-hybridized carbons (Fsp3) is 0.0476. The summed E-state index contributed by atoms with van der Waals surface area (Å²) in [4.78, 5) is 17.0. The predicted octanol–water partition coefficient (Wildman–Crippen LogP) is 2.44. The van der Waals surface area contributed by atoms with Crippen LogP contribution in [0.3, 0.4) is 0 Å². The maximum absolute atomic E-state index is 14.6. The van der Waals surface area contributed by atoms with E-state index in [0.717, 1.165) is 6.07 Å². The summed E-state index contributed by atoms with van der Waals surface area (Å²) in [7, 11) is 0. The van der Waals surface area contributed by atoms with Gasteiger partial charge < -0.3 is 5.11 Å². The first kappa shape index (κ1) is 18.6. The molecule has 0 spiro atoms. The van der Waals surface area contributed by atoms with E-state index in [1.54, 1.807) is 30.3 Å². The summed E-state index contributed by atoms with van der Waals surface area (Å²) in [5.74, 6) is -1.45. The van der Waals surface area contributed by atoms with Crippen LogP contribution in [0.15, 0.2) is 65.7 Å². The van der Waals surface area contributed by atoms with Crippen LogP contribution in [0.1, 0.15) is 11.1 Å². The van der Waals surface area contributed by atoms with Gasteiger partial charge in [-0.05, 0) is 30.3 Å². The quantitative estimate of drug-likeness (QED) is 0.386. The van der Waals surface area contributed by atoms with Crippen molar-refractivity contribution in [2.45, 2.75) is 6.54 Å². The van der Waals surface area contributed by atoms with E-state index in [1.165, 1.54) is 33.5 Å². The van der Waals surface area contributed by atoms with Crippen LogP contribution in [0.4, 0.5) is 4.39 Å². The first-order chi connectivity index (χ1) is 14.0. The van der Waals surface area contributed by atoms with Gasteiger partial charge >= 0.3 is 5.56 Å². The van der Waals surface area contributed by atoms with Gasteiger partial charge in [0.2, 0.25) is 0 Å². The van der Waals surface area contributed by atoms with Gasteiger partial charge in [0.1, 0.15) is 23.1 Å². The largest absolute Gasteiger partial charge is 0.842 e. The highest BCUT2D eigenvalue weighted by Gasteiger charge is 2.22. The normalized spacial score (nSPS) is 10.8. The second-order valence-electron chi connectivity index (χ2n) is 6.30. The van der Waals surface area contributed by atoms with Gasteiger partial charge in [0.25, 0.3) is 5.65 Å². The third kappa shape index (κ3) is 3.30. The Morgan fingerprint density at radius 2 is 2.07 bits per heavy atom. The molecule has 0 bridgehead atoms. The van der Waals surface area contributed by atoms with Crippen LogP contribution in [0.2, 0.25) is 5.15 Å². The second kappa shape index (κ2) is 7.34. The maximum Gasteiger partial charge on any atom is 0.349 e. The predicted molar refractivity (Wildman–Crippen MR) is 102 cm³/mol. The zero-order valence-electron chi connectivity index (χ0n) is 14.8. The molecule has 0 atom stereocenters. The van der Waals surface area contributed by atoms with Gasteiger partial charge in [0.05, 0.1) is 23.7 Å². The van der Waals surface area contributed by atoms with Crippen molar-refractivity contribution in [1.29, 1.82) is 5.26 Å². The van der Waals surface area contributed by atoms with Gasteiger partial charge in [-0.1, -0.05) is 23.7 Å². The molecule has 0 unspecified atom stereocenters. The zero-order chi connectivity index (χ0) is 20.5. The van der Waals surface area contributed by atoms with Gasteiger partial charge in [-0.2, -0.15) is 9.66 Å². The number of halogens is 2. The molecular formula is C21H12ClFN4O2. The van der Waals surface area contributed by atoms with E-state index in [2.05, 4.69) is 4.98 Å². The molecule has 1 aromatic carbocycles. The number of fused-ring (bicyclic) bond motifs is 1. The lowest BCUT2D eigenvalue weighted by molar-refractivity contribution is -0.708. The molecular weight excluding hydrogens is 395 g/mol. The number of hydrogen-bond donors (Lipinski definition) is 0. The van der Waals surface area contributed by atoms with Gasteiger partial charge in [0.15, 0.2) is 0 Å². The number of pyridine rings is 2. The molecule has 4 rings (SSSR count). The summed E-state index contributed by atoms with van der Waals surface area (Å²) in [6, 6.07) is 13.8. The van der Waals surface area contributed by atoms with E-state index in [-0.39, 0.29) is 23.2 Å². The SMILES string of the molecule is N#Cc1ccc(-c2c([O-])[n+](Cc3ccc(Cl)nc3)c3ccccn3c2=O)c(F)c1. The third-order valence-corrected chi connectivity index (χ3v) is 4.73. The molecule has 0 radical (unpaired) electrons. The van der Waals surface area contributed by atoms with E-state index in [9.17, 15) is 14.3 Å². The smallest absolute Gasteiger partial charge is 0.349 e. The van der Waals surface area contributed by atoms with Crippen molar-refractivity contribution in [1.82, 2.24) is 9.38 Å². The summed E-state index contributed by atoms with van der Waals surface area (Å²) < 4.78 is 17.3. The Kier molecular flexibility index (Phi) is 4.71. The van der Waals surface area contributed by atoms with E-state index < -0.39 is 17.3 Å². The highest BCUT2D eigenvalue weighted by molar-refractivity contribution is 6.29. The minimum absolute atomic E-state index is 0.0969. The van der Waals surface area contributed by atoms with Gasteiger partial charge in [-0.3, -0.25) is 0 Å². The number of nitrogens with zero attached hydrogens (tertiary/aromatic N) is 4. The average molecular weight is 407 g/mol. The van der Waals surface area contributed by atoms with Gasteiger partial charge in [0, 0.05) is 23.4 Å². The summed E-state index contributed by atoms with van der Waals surface area (Å²) in [5.41, 5.74) is 0.0413. The van der Waals surface area contributed by atoms with Crippen molar-refractivity contribution in [3.63, 3.8) is 0 Å². The molecule has 0 amide bonds. The molecule has 0 aliphatic carbocycles. The van der Waals surface area contributed by atoms with Crippen molar-refractivity contribution in [2.24, 2.45) is 0 Å². The second-order valence-corrected chi connectivity index (χ2v) is 6.68. The summed E-state index contributed by atoms with van der Waals surface area (Å²) in [6.45, 7) is 0.113. The minimum Gasteiger partial charge on any atom is -0.842 e. The average Bonchev–Trinajstić information content (AvgIpc) is 2.73. The summed E-state index contributed by atoms with van der Waals surface area (Å²) in [6.07, 6.45) is 3.04. The fourth-order valence-electron chi connectivity index (χ4n) is 3.13. The number of rotatable bonds is 3. The maximum atomic E-state index is 14.6. The lowest BCUT2D eigenvalue weighted by atomic mass is 10.0. The minimum atomic E-state index is -0.811. The fourth-order valence-corrected chi connectivity index (χ4v) is 3.24. The third-order valence-electron chi connectivity index (χ3n) is 4.50. The molecule has 142 valence electrons. The molecule has 29 heavy (non-hydrogen) atoms.